The Morgan fingerprint density at radius 1 is 1.50 bits per heavy atom. The van der Waals surface area contributed by atoms with E-state index < -0.39 is 0 Å². The molecule has 0 unspecified atom stereocenters. The Morgan fingerprint density at radius 3 is 3.25 bits per heavy atom. The van der Waals surface area contributed by atoms with Gasteiger partial charge in [-0.1, -0.05) is 11.2 Å². The van der Waals surface area contributed by atoms with Gasteiger partial charge in [0.15, 0.2) is 0 Å². The molecule has 0 amide bonds. The van der Waals surface area contributed by atoms with E-state index in [0.717, 1.165) is 4.88 Å². The molecule has 3 heterocycles. The van der Waals surface area contributed by atoms with Gasteiger partial charge in [-0.05, 0) is 16.7 Å². The predicted molar refractivity (Wildman–Crippen MR) is 58.5 cm³/mol. The summed E-state index contributed by atoms with van der Waals surface area (Å²) in [4.78, 5) is 17.1. The van der Waals surface area contributed by atoms with Crippen LogP contribution in [-0.2, 0) is 6.42 Å². The Balaban J connectivity index is 2.10. The molecule has 0 saturated heterocycles. The monoisotopic (exact) mass is 233 g/mol. The topological polar surface area (TPSA) is 75.9 Å². The van der Waals surface area contributed by atoms with E-state index in [1.165, 1.54) is 4.52 Å². The molecular formula is C9H7N5OS. The van der Waals surface area contributed by atoms with Crippen LogP contribution in [0.5, 0.6) is 0 Å². The van der Waals surface area contributed by atoms with Gasteiger partial charge in [0.1, 0.15) is 0 Å². The Labute approximate surface area is 93.6 Å². The Morgan fingerprint density at radius 2 is 2.44 bits per heavy atom. The molecule has 0 radical (unpaired) electrons. The molecule has 0 aliphatic heterocycles. The summed E-state index contributed by atoms with van der Waals surface area (Å²) in [5.41, 5.74) is 0.481. The lowest BCUT2D eigenvalue weighted by atomic mass is 10.2. The third kappa shape index (κ3) is 1.41. The molecule has 3 rings (SSSR count). The zero-order valence-electron chi connectivity index (χ0n) is 8.12. The molecular weight excluding hydrogens is 226 g/mol. The highest BCUT2D eigenvalue weighted by Gasteiger charge is 2.07. The van der Waals surface area contributed by atoms with E-state index in [4.69, 9.17) is 0 Å². The Kier molecular flexibility index (Phi) is 2.03. The van der Waals surface area contributed by atoms with Crippen molar-refractivity contribution < 1.29 is 0 Å². The van der Waals surface area contributed by atoms with Gasteiger partial charge in [-0.15, -0.1) is 11.3 Å². The average molecular weight is 233 g/mol. The molecule has 0 saturated carbocycles. The van der Waals surface area contributed by atoms with Gasteiger partial charge in [0, 0.05) is 23.1 Å². The first-order valence-electron chi connectivity index (χ1n) is 4.64. The maximum absolute atomic E-state index is 11.9. The van der Waals surface area contributed by atoms with Gasteiger partial charge < -0.3 is 0 Å². The lowest BCUT2D eigenvalue weighted by Crippen LogP contribution is -2.19. The van der Waals surface area contributed by atoms with E-state index in [2.05, 4.69) is 20.5 Å². The molecule has 16 heavy (non-hydrogen) atoms. The summed E-state index contributed by atoms with van der Waals surface area (Å²) < 4.78 is 1.24. The average Bonchev–Trinajstić information content (AvgIpc) is 2.93. The predicted octanol–water partition coefficient (Wildman–Crippen LogP) is 0.465. The summed E-state index contributed by atoms with van der Waals surface area (Å²) in [7, 11) is 0. The second-order valence-electron chi connectivity index (χ2n) is 3.28. The van der Waals surface area contributed by atoms with Crippen LogP contribution in [0, 0.1) is 0 Å². The molecule has 0 bridgehead atoms. The second-order valence-corrected chi connectivity index (χ2v) is 4.31. The molecule has 3 aromatic heterocycles. The third-order valence-electron chi connectivity index (χ3n) is 2.24. The Bertz CT molecular complexity index is 669. The van der Waals surface area contributed by atoms with Crippen molar-refractivity contribution in [1.82, 2.24) is 25.0 Å². The van der Waals surface area contributed by atoms with Gasteiger partial charge in [0.05, 0.1) is 0 Å². The minimum atomic E-state index is -0.150. The first-order valence-corrected chi connectivity index (χ1v) is 5.52. The number of nitrogens with zero attached hydrogens (tertiary/aromatic N) is 4. The van der Waals surface area contributed by atoms with Crippen molar-refractivity contribution in [2.24, 2.45) is 0 Å². The lowest BCUT2D eigenvalue weighted by molar-refractivity contribution is 0.791. The molecule has 0 spiro atoms. The smallest absolute Gasteiger partial charge is 0.267 e. The standard InChI is InChI=1S/C9H7N5OS/c15-8-6(4-7-2-1-3-16-7)5-10-9-11-12-13-14(8)9/h1-3,5H,4H2,(H,10,11,13). The molecule has 7 heteroatoms. The second kappa shape index (κ2) is 3.53. The minimum absolute atomic E-state index is 0.150. The van der Waals surface area contributed by atoms with E-state index in [0.29, 0.717) is 17.8 Å². The lowest BCUT2D eigenvalue weighted by Gasteiger charge is -1.97. The number of aromatic amines is 1. The number of nitrogens with one attached hydrogen (secondary N) is 1. The summed E-state index contributed by atoms with van der Waals surface area (Å²) in [6, 6.07) is 3.95. The number of hydrogen-bond donors (Lipinski definition) is 1. The van der Waals surface area contributed by atoms with Gasteiger partial charge in [-0.2, -0.15) is 9.73 Å². The van der Waals surface area contributed by atoms with Crippen LogP contribution in [0.25, 0.3) is 5.78 Å². The fraction of sp³-hybridized carbons (Fsp3) is 0.111. The highest BCUT2D eigenvalue weighted by Crippen LogP contribution is 2.11. The van der Waals surface area contributed by atoms with Crippen molar-refractivity contribution in [3.63, 3.8) is 0 Å². The van der Waals surface area contributed by atoms with E-state index in [1.54, 1.807) is 17.5 Å². The van der Waals surface area contributed by atoms with Gasteiger partial charge in [-0.25, -0.2) is 4.98 Å². The maximum atomic E-state index is 11.9. The van der Waals surface area contributed by atoms with Crippen LogP contribution in [0.2, 0.25) is 0 Å². The van der Waals surface area contributed by atoms with E-state index in [-0.39, 0.29) is 5.56 Å². The van der Waals surface area contributed by atoms with Crippen LogP contribution < -0.4 is 5.56 Å². The summed E-state index contributed by atoms with van der Waals surface area (Å²) in [5.74, 6) is 0.292. The largest absolute Gasteiger partial charge is 0.278 e. The van der Waals surface area contributed by atoms with Gasteiger partial charge >= 0.3 is 0 Å². The zero-order chi connectivity index (χ0) is 11.0. The Hall–Kier alpha value is -2.02. The number of tetrazole rings is 1. The summed E-state index contributed by atoms with van der Waals surface area (Å²) in [5, 5.41) is 11.7. The van der Waals surface area contributed by atoms with Crippen LogP contribution in [0.1, 0.15) is 10.4 Å². The number of hydrogen-bond acceptors (Lipinski definition) is 5. The molecule has 0 aromatic carbocycles. The van der Waals surface area contributed by atoms with Crippen molar-refractivity contribution in [2.45, 2.75) is 6.42 Å². The van der Waals surface area contributed by atoms with Crippen molar-refractivity contribution in [3.8, 4) is 0 Å². The van der Waals surface area contributed by atoms with Crippen LogP contribution in [0.15, 0.2) is 28.5 Å². The number of H-pyrrole nitrogens is 1. The van der Waals surface area contributed by atoms with Crippen molar-refractivity contribution >= 4 is 17.1 Å². The van der Waals surface area contributed by atoms with E-state index >= 15 is 0 Å². The molecule has 3 aromatic rings. The van der Waals surface area contributed by atoms with Crippen LogP contribution in [0.3, 0.4) is 0 Å². The van der Waals surface area contributed by atoms with Gasteiger partial charge in [-0.3, -0.25) is 4.79 Å². The third-order valence-corrected chi connectivity index (χ3v) is 3.12. The SMILES string of the molecule is O=c1c(Cc2cccs2)cnc2nn[nH]n12. The molecule has 80 valence electrons. The summed E-state index contributed by atoms with van der Waals surface area (Å²) >= 11 is 1.62. The van der Waals surface area contributed by atoms with E-state index in [9.17, 15) is 4.79 Å². The number of fused-ring (bicyclic) bond motifs is 1. The molecule has 6 nitrogen and oxygen atoms in total. The quantitative estimate of drug-likeness (QED) is 0.698. The van der Waals surface area contributed by atoms with Crippen molar-refractivity contribution in [1.29, 1.82) is 0 Å². The molecule has 0 fully saturated rings. The maximum Gasteiger partial charge on any atom is 0.278 e. The molecule has 0 aliphatic carbocycles. The van der Waals surface area contributed by atoms with Crippen molar-refractivity contribution in [2.75, 3.05) is 0 Å². The molecule has 1 N–H and O–H groups in total. The summed E-state index contributed by atoms with van der Waals surface area (Å²) in [6.07, 6.45) is 2.14. The van der Waals surface area contributed by atoms with E-state index in [1.807, 2.05) is 17.5 Å². The first-order chi connectivity index (χ1) is 7.84. The molecule has 0 aliphatic rings. The zero-order valence-corrected chi connectivity index (χ0v) is 8.94. The van der Waals surface area contributed by atoms with Crippen LogP contribution in [-0.4, -0.2) is 25.0 Å². The highest BCUT2D eigenvalue weighted by molar-refractivity contribution is 7.09. The molecule has 0 atom stereocenters. The number of aromatic nitrogens is 5. The highest BCUT2D eigenvalue weighted by atomic mass is 32.1. The fourth-order valence-corrected chi connectivity index (χ4v) is 2.21. The van der Waals surface area contributed by atoms with Crippen LogP contribution >= 0.6 is 11.3 Å². The number of rotatable bonds is 2. The fourth-order valence-electron chi connectivity index (χ4n) is 1.48. The minimum Gasteiger partial charge on any atom is -0.267 e. The number of thiophene rings is 1. The normalized spacial score (nSPS) is 11.0. The van der Waals surface area contributed by atoms with Crippen LogP contribution in [0.4, 0.5) is 0 Å². The van der Waals surface area contributed by atoms with Gasteiger partial charge in [0.25, 0.3) is 11.3 Å². The first kappa shape index (κ1) is 9.22. The van der Waals surface area contributed by atoms with Crippen molar-refractivity contribution in [3.05, 3.63) is 44.5 Å². The summed E-state index contributed by atoms with van der Waals surface area (Å²) in [6.45, 7) is 0. The van der Waals surface area contributed by atoms with Gasteiger partial charge in [0.2, 0.25) is 0 Å².